The molecule has 132 valence electrons. The Morgan fingerprint density at radius 2 is 1.35 bits per heavy atom. The Labute approximate surface area is 151 Å². The summed E-state index contributed by atoms with van der Waals surface area (Å²) in [5.74, 6) is -0.261. The predicted molar refractivity (Wildman–Crippen MR) is 98.1 cm³/mol. The number of primary amides is 1. The van der Waals surface area contributed by atoms with E-state index < -0.39 is 15.9 Å². The Kier molecular flexibility index (Phi) is 4.90. The summed E-state index contributed by atoms with van der Waals surface area (Å²) in [7, 11) is -4.04. The summed E-state index contributed by atoms with van der Waals surface area (Å²) in [6.45, 7) is 0. The van der Waals surface area contributed by atoms with E-state index in [1.807, 2.05) is 0 Å². The summed E-state index contributed by atoms with van der Waals surface area (Å²) in [4.78, 5) is 16.8. The quantitative estimate of drug-likeness (QED) is 0.677. The maximum absolute atomic E-state index is 13.1. The van der Waals surface area contributed by atoms with Crippen molar-refractivity contribution in [3.8, 4) is 5.75 Å². The topological polar surface area (TPSA) is 89.7 Å². The lowest BCUT2D eigenvalue weighted by atomic mass is 10.2. The lowest BCUT2D eigenvalue weighted by molar-refractivity contribution is 0.1000. The number of carbonyl (C=O) groups excluding carboxylic acids is 1. The summed E-state index contributed by atoms with van der Waals surface area (Å²) in [5, 5.41) is 0. The summed E-state index contributed by atoms with van der Waals surface area (Å²) < 4.78 is 27.1. The van der Waals surface area contributed by atoms with Gasteiger partial charge in [-0.3, -0.25) is 4.79 Å². The molecule has 2 N–H and O–H groups in total. The molecular weight excluding hydrogens is 352 g/mol. The Bertz CT molecular complexity index is 989. The van der Waals surface area contributed by atoms with Gasteiger partial charge < -0.3 is 10.6 Å². The highest BCUT2D eigenvalue weighted by atomic mass is 32.2. The minimum Gasteiger partial charge on any atom is -0.366 e. The number of rotatable bonds is 6. The van der Waals surface area contributed by atoms with E-state index in [0.29, 0.717) is 11.4 Å². The van der Waals surface area contributed by atoms with Crippen LogP contribution in [0.1, 0.15) is 10.4 Å². The number of para-hydroxylation sites is 2. The van der Waals surface area contributed by atoms with Gasteiger partial charge in [-0.15, -0.1) is 0 Å². The van der Waals surface area contributed by atoms with Crippen molar-refractivity contribution >= 4 is 21.6 Å². The van der Waals surface area contributed by atoms with E-state index in [1.165, 1.54) is 24.3 Å². The van der Waals surface area contributed by atoms with Gasteiger partial charge in [0.25, 0.3) is 10.0 Å². The Hall–Kier alpha value is -3.32. The predicted octanol–water partition coefficient (Wildman–Crippen LogP) is 2.97. The van der Waals surface area contributed by atoms with Gasteiger partial charge in [0.05, 0.1) is 10.6 Å². The first-order valence-electron chi connectivity index (χ1n) is 7.72. The minimum absolute atomic E-state index is 0.0257. The van der Waals surface area contributed by atoms with Gasteiger partial charge in [-0.2, -0.15) is 8.42 Å². The van der Waals surface area contributed by atoms with Gasteiger partial charge >= 0.3 is 0 Å². The SMILES string of the molecule is NC(=O)c1ccc(S(=O)(=O)N(Oc2ccccc2)c2ccccc2)cc1. The smallest absolute Gasteiger partial charge is 0.295 e. The molecule has 0 heterocycles. The van der Waals surface area contributed by atoms with Crippen molar-refractivity contribution < 1.29 is 18.0 Å². The van der Waals surface area contributed by atoms with Crippen molar-refractivity contribution in [2.75, 3.05) is 4.47 Å². The number of nitrogens with two attached hydrogens (primary N) is 1. The van der Waals surface area contributed by atoms with Crippen molar-refractivity contribution in [1.82, 2.24) is 0 Å². The van der Waals surface area contributed by atoms with E-state index in [-0.39, 0.29) is 10.5 Å². The van der Waals surface area contributed by atoms with Crippen LogP contribution in [0.2, 0.25) is 0 Å². The standard InChI is InChI=1S/C19H16N2O4S/c20-19(22)15-11-13-18(14-12-15)26(23,24)21(16-7-3-1-4-8-16)25-17-9-5-2-6-10-17/h1-14H,(H2,20,22). The maximum atomic E-state index is 13.1. The molecule has 3 aromatic rings. The van der Waals surface area contributed by atoms with Gasteiger partial charge in [-0.1, -0.05) is 40.9 Å². The zero-order chi connectivity index (χ0) is 18.6. The van der Waals surface area contributed by atoms with Crippen LogP contribution >= 0.6 is 0 Å². The van der Waals surface area contributed by atoms with Crippen molar-refractivity contribution in [2.45, 2.75) is 4.90 Å². The third kappa shape index (κ3) is 3.68. The highest BCUT2D eigenvalue weighted by molar-refractivity contribution is 7.92. The first kappa shape index (κ1) is 17.5. The van der Waals surface area contributed by atoms with Crippen LogP contribution in [-0.2, 0) is 10.0 Å². The average Bonchev–Trinajstić information content (AvgIpc) is 2.67. The normalized spacial score (nSPS) is 10.9. The average molecular weight is 368 g/mol. The molecule has 0 aliphatic heterocycles. The number of hydrogen-bond donors (Lipinski definition) is 1. The third-order valence-electron chi connectivity index (χ3n) is 3.55. The molecule has 0 saturated carbocycles. The van der Waals surface area contributed by atoms with Gasteiger partial charge in [0, 0.05) is 5.56 Å². The number of anilines is 1. The molecule has 26 heavy (non-hydrogen) atoms. The Morgan fingerprint density at radius 3 is 1.88 bits per heavy atom. The lowest BCUT2D eigenvalue weighted by Gasteiger charge is -2.23. The molecule has 0 radical (unpaired) electrons. The van der Waals surface area contributed by atoms with Crippen LogP contribution in [-0.4, -0.2) is 14.3 Å². The van der Waals surface area contributed by atoms with Crippen molar-refractivity contribution in [3.63, 3.8) is 0 Å². The number of carbonyl (C=O) groups is 1. The number of hydrogen-bond acceptors (Lipinski definition) is 4. The van der Waals surface area contributed by atoms with Crippen molar-refractivity contribution in [1.29, 1.82) is 0 Å². The van der Waals surface area contributed by atoms with Crippen molar-refractivity contribution in [2.24, 2.45) is 5.73 Å². The maximum Gasteiger partial charge on any atom is 0.295 e. The molecule has 3 rings (SSSR count). The first-order chi connectivity index (χ1) is 12.5. The van der Waals surface area contributed by atoms with Gasteiger partial charge in [0.1, 0.15) is 0 Å². The molecule has 3 aromatic carbocycles. The minimum atomic E-state index is -4.04. The van der Waals surface area contributed by atoms with Gasteiger partial charge in [0.15, 0.2) is 5.75 Å². The molecule has 0 aliphatic rings. The molecule has 0 bridgehead atoms. The van der Waals surface area contributed by atoms with Crippen LogP contribution in [0.15, 0.2) is 89.8 Å². The zero-order valence-electron chi connectivity index (χ0n) is 13.6. The molecule has 0 saturated heterocycles. The molecule has 0 atom stereocenters. The van der Waals surface area contributed by atoms with Crippen LogP contribution in [0.3, 0.4) is 0 Å². The van der Waals surface area contributed by atoms with Gasteiger partial charge in [-0.05, 0) is 48.5 Å². The van der Waals surface area contributed by atoms with E-state index in [0.717, 1.165) is 4.47 Å². The van der Waals surface area contributed by atoms with E-state index in [2.05, 4.69) is 0 Å². The van der Waals surface area contributed by atoms with E-state index >= 15 is 0 Å². The second kappa shape index (κ2) is 7.28. The van der Waals surface area contributed by atoms with E-state index in [9.17, 15) is 13.2 Å². The molecule has 0 aromatic heterocycles. The van der Waals surface area contributed by atoms with Crippen LogP contribution < -0.4 is 15.0 Å². The lowest BCUT2D eigenvalue weighted by Crippen LogP contribution is -2.34. The zero-order valence-corrected chi connectivity index (χ0v) is 14.5. The van der Waals surface area contributed by atoms with E-state index in [1.54, 1.807) is 60.7 Å². The van der Waals surface area contributed by atoms with Gasteiger partial charge in [0.2, 0.25) is 5.91 Å². The van der Waals surface area contributed by atoms with Crippen LogP contribution in [0, 0.1) is 0 Å². The van der Waals surface area contributed by atoms with Gasteiger partial charge in [-0.25, -0.2) is 0 Å². The first-order valence-corrected chi connectivity index (χ1v) is 9.16. The number of amides is 1. The monoisotopic (exact) mass is 368 g/mol. The largest absolute Gasteiger partial charge is 0.366 e. The molecule has 7 heteroatoms. The highest BCUT2D eigenvalue weighted by Crippen LogP contribution is 2.26. The highest BCUT2D eigenvalue weighted by Gasteiger charge is 2.27. The summed E-state index contributed by atoms with van der Waals surface area (Å²) in [6, 6.07) is 22.4. The number of sulfonamides is 1. The number of nitrogens with zero attached hydrogens (tertiary/aromatic N) is 1. The molecule has 0 spiro atoms. The Morgan fingerprint density at radius 1 is 0.808 bits per heavy atom. The molecular formula is C19H16N2O4S. The van der Waals surface area contributed by atoms with E-state index in [4.69, 9.17) is 10.6 Å². The summed E-state index contributed by atoms with van der Waals surface area (Å²) >= 11 is 0. The summed E-state index contributed by atoms with van der Waals surface area (Å²) in [6.07, 6.45) is 0. The van der Waals surface area contributed by atoms with Crippen molar-refractivity contribution in [3.05, 3.63) is 90.5 Å². The fourth-order valence-corrected chi connectivity index (χ4v) is 3.51. The van der Waals surface area contributed by atoms with Crippen LogP contribution in [0.25, 0.3) is 0 Å². The fraction of sp³-hybridized carbons (Fsp3) is 0. The Balaban J connectivity index is 2.03. The second-order valence-electron chi connectivity index (χ2n) is 5.36. The molecule has 0 aliphatic carbocycles. The summed E-state index contributed by atoms with van der Waals surface area (Å²) in [5.41, 5.74) is 5.77. The molecule has 6 nitrogen and oxygen atoms in total. The van der Waals surface area contributed by atoms with Crippen LogP contribution in [0.4, 0.5) is 5.69 Å². The second-order valence-corrected chi connectivity index (χ2v) is 7.11. The third-order valence-corrected chi connectivity index (χ3v) is 5.14. The molecule has 1 amide bonds. The van der Waals surface area contributed by atoms with Crippen LogP contribution in [0.5, 0.6) is 5.75 Å². The molecule has 0 unspecified atom stereocenters. The fourth-order valence-electron chi connectivity index (χ4n) is 2.25. The number of benzene rings is 3. The molecule has 0 fully saturated rings.